The molecule has 0 saturated carbocycles. The zero-order valence-electron chi connectivity index (χ0n) is 12.4. The van der Waals surface area contributed by atoms with E-state index in [0.717, 1.165) is 17.5 Å². The maximum absolute atomic E-state index is 13.2. The molecule has 1 atom stereocenters. The Balaban J connectivity index is 2.06. The average molecular weight is 291 g/mol. The number of rotatable bonds is 5. The minimum atomic E-state index is -0.570. The normalized spacial score (nSPS) is 12.3. The summed E-state index contributed by atoms with van der Waals surface area (Å²) in [6.45, 7) is 5.78. The molecule has 0 aliphatic carbocycles. The summed E-state index contributed by atoms with van der Waals surface area (Å²) in [6, 6.07) is 10.8. The van der Waals surface area contributed by atoms with Gasteiger partial charge in [0.1, 0.15) is 17.4 Å². The molecule has 0 spiro atoms. The number of nitrogens with one attached hydrogen (secondary N) is 1. The quantitative estimate of drug-likeness (QED) is 0.843. The van der Waals surface area contributed by atoms with Gasteiger partial charge in [0.25, 0.3) is 0 Å². The van der Waals surface area contributed by atoms with Crippen LogP contribution in [0.15, 0.2) is 42.5 Å². The van der Waals surface area contributed by atoms with Crippen molar-refractivity contribution < 1.29 is 13.5 Å². The molecule has 0 bridgehead atoms. The van der Waals surface area contributed by atoms with Crippen molar-refractivity contribution in [2.75, 3.05) is 5.32 Å². The van der Waals surface area contributed by atoms with Gasteiger partial charge in [0.2, 0.25) is 0 Å². The highest BCUT2D eigenvalue weighted by atomic mass is 19.1. The Morgan fingerprint density at radius 3 is 2.00 bits per heavy atom. The molecule has 0 heterocycles. The number of halogens is 2. The Morgan fingerprint density at radius 2 is 1.48 bits per heavy atom. The van der Waals surface area contributed by atoms with Crippen molar-refractivity contribution >= 4 is 5.69 Å². The van der Waals surface area contributed by atoms with Crippen molar-refractivity contribution in [2.45, 2.75) is 32.9 Å². The summed E-state index contributed by atoms with van der Waals surface area (Å²) in [5.74, 6) is -0.348. The van der Waals surface area contributed by atoms with Crippen LogP contribution in [0.5, 0.6) is 5.75 Å². The van der Waals surface area contributed by atoms with Gasteiger partial charge in [0, 0.05) is 17.8 Å². The SMILES string of the molecule is CC(C)Oc1ccc(NC(C)c2cc(F)cc(F)c2)cc1. The van der Waals surface area contributed by atoms with Crippen LogP contribution in [0.25, 0.3) is 0 Å². The maximum atomic E-state index is 13.2. The predicted molar refractivity (Wildman–Crippen MR) is 80.6 cm³/mol. The summed E-state index contributed by atoms with van der Waals surface area (Å²) in [6.07, 6.45) is 0.123. The number of benzene rings is 2. The molecule has 2 aromatic carbocycles. The van der Waals surface area contributed by atoms with E-state index >= 15 is 0 Å². The van der Waals surface area contributed by atoms with E-state index in [4.69, 9.17) is 4.74 Å². The van der Waals surface area contributed by atoms with Crippen molar-refractivity contribution in [1.82, 2.24) is 0 Å². The van der Waals surface area contributed by atoms with Crippen LogP contribution in [0.4, 0.5) is 14.5 Å². The van der Waals surface area contributed by atoms with Gasteiger partial charge in [-0.15, -0.1) is 0 Å². The molecule has 2 nitrogen and oxygen atoms in total. The molecular weight excluding hydrogens is 272 g/mol. The Bertz CT molecular complexity index is 576. The minimum Gasteiger partial charge on any atom is -0.491 e. The van der Waals surface area contributed by atoms with Gasteiger partial charge in [-0.1, -0.05) is 0 Å². The van der Waals surface area contributed by atoms with Gasteiger partial charge in [-0.2, -0.15) is 0 Å². The molecule has 1 unspecified atom stereocenters. The lowest BCUT2D eigenvalue weighted by Crippen LogP contribution is -2.08. The lowest BCUT2D eigenvalue weighted by Gasteiger charge is -2.17. The zero-order valence-corrected chi connectivity index (χ0v) is 12.4. The molecule has 21 heavy (non-hydrogen) atoms. The summed E-state index contributed by atoms with van der Waals surface area (Å²) < 4.78 is 32.0. The molecule has 0 aromatic heterocycles. The Labute approximate surface area is 123 Å². The first-order chi connectivity index (χ1) is 9.94. The molecular formula is C17H19F2NO. The average Bonchev–Trinajstić information content (AvgIpc) is 2.39. The van der Waals surface area contributed by atoms with Gasteiger partial charge >= 0.3 is 0 Å². The second kappa shape index (κ2) is 6.57. The van der Waals surface area contributed by atoms with Crippen LogP contribution in [0.2, 0.25) is 0 Å². The molecule has 4 heteroatoms. The van der Waals surface area contributed by atoms with Crippen LogP contribution in [-0.2, 0) is 0 Å². The first kappa shape index (κ1) is 15.3. The second-order valence-electron chi connectivity index (χ2n) is 5.26. The highest BCUT2D eigenvalue weighted by Gasteiger charge is 2.09. The lowest BCUT2D eigenvalue weighted by atomic mass is 10.1. The van der Waals surface area contributed by atoms with E-state index in [1.165, 1.54) is 12.1 Å². The van der Waals surface area contributed by atoms with E-state index in [9.17, 15) is 8.78 Å². The zero-order chi connectivity index (χ0) is 15.4. The summed E-state index contributed by atoms with van der Waals surface area (Å²) in [4.78, 5) is 0. The van der Waals surface area contributed by atoms with Crippen molar-refractivity contribution in [1.29, 1.82) is 0 Å². The minimum absolute atomic E-state index is 0.123. The topological polar surface area (TPSA) is 21.3 Å². The van der Waals surface area contributed by atoms with Crippen LogP contribution in [-0.4, -0.2) is 6.10 Å². The number of ether oxygens (including phenoxy) is 1. The molecule has 1 N–H and O–H groups in total. The smallest absolute Gasteiger partial charge is 0.126 e. The summed E-state index contributed by atoms with van der Waals surface area (Å²) >= 11 is 0. The van der Waals surface area contributed by atoms with Gasteiger partial charge in [-0.25, -0.2) is 8.78 Å². The Hall–Kier alpha value is -2.10. The number of hydrogen-bond donors (Lipinski definition) is 1. The number of hydrogen-bond acceptors (Lipinski definition) is 2. The summed E-state index contributed by atoms with van der Waals surface area (Å²) in [5.41, 5.74) is 1.43. The number of anilines is 1. The third kappa shape index (κ3) is 4.45. The molecule has 0 saturated heterocycles. The van der Waals surface area contributed by atoms with Gasteiger partial charge < -0.3 is 10.1 Å². The standard InChI is InChI=1S/C17H19F2NO/c1-11(2)21-17-6-4-16(5-7-17)20-12(3)13-8-14(18)10-15(19)9-13/h4-12,20H,1-3H3. The molecule has 2 rings (SSSR count). The predicted octanol–water partition coefficient (Wildman–Crippen LogP) is 4.93. The Morgan fingerprint density at radius 1 is 0.905 bits per heavy atom. The first-order valence-electron chi connectivity index (χ1n) is 6.93. The van der Waals surface area contributed by atoms with E-state index in [2.05, 4.69) is 5.32 Å². The largest absolute Gasteiger partial charge is 0.491 e. The van der Waals surface area contributed by atoms with Crippen molar-refractivity contribution in [2.24, 2.45) is 0 Å². The lowest BCUT2D eigenvalue weighted by molar-refractivity contribution is 0.242. The van der Waals surface area contributed by atoms with Gasteiger partial charge in [0.05, 0.1) is 6.10 Å². The van der Waals surface area contributed by atoms with Crippen molar-refractivity contribution in [3.63, 3.8) is 0 Å². The van der Waals surface area contributed by atoms with E-state index < -0.39 is 11.6 Å². The van der Waals surface area contributed by atoms with Crippen LogP contribution >= 0.6 is 0 Å². The van der Waals surface area contributed by atoms with E-state index in [1.54, 1.807) is 0 Å². The van der Waals surface area contributed by atoms with E-state index in [-0.39, 0.29) is 12.1 Å². The van der Waals surface area contributed by atoms with Gasteiger partial charge in [-0.3, -0.25) is 0 Å². The fraction of sp³-hybridized carbons (Fsp3) is 0.294. The third-order valence-corrected chi connectivity index (χ3v) is 2.99. The fourth-order valence-corrected chi connectivity index (χ4v) is 2.06. The van der Waals surface area contributed by atoms with Crippen molar-refractivity contribution in [3.8, 4) is 5.75 Å². The van der Waals surface area contributed by atoms with Crippen LogP contribution in [0.3, 0.4) is 0 Å². The van der Waals surface area contributed by atoms with E-state index in [0.29, 0.717) is 5.56 Å². The molecule has 0 fully saturated rings. The highest BCUT2D eigenvalue weighted by molar-refractivity contribution is 5.48. The molecule has 0 amide bonds. The molecule has 2 aromatic rings. The summed E-state index contributed by atoms with van der Waals surface area (Å²) in [5, 5.41) is 3.20. The van der Waals surface area contributed by atoms with Gasteiger partial charge in [-0.05, 0) is 62.7 Å². The molecule has 112 valence electrons. The van der Waals surface area contributed by atoms with Crippen LogP contribution in [0.1, 0.15) is 32.4 Å². The highest BCUT2D eigenvalue weighted by Crippen LogP contribution is 2.23. The Kier molecular flexibility index (Phi) is 4.78. The van der Waals surface area contributed by atoms with Crippen LogP contribution < -0.4 is 10.1 Å². The fourth-order valence-electron chi connectivity index (χ4n) is 2.06. The van der Waals surface area contributed by atoms with E-state index in [1.807, 2.05) is 45.0 Å². The first-order valence-corrected chi connectivity index (χ1v) is 6.93. The second-order valence-corrected chi connectivity index (χ2v) is 5.26. The molecule has 0 radical (unpaired) electrons. The van der Waals surface area contributed by atoms with Crippen LogP contribution in [0, 0.1) is 11.6 Å². The van der Waals surface area contributed by atoms with Gasteiger partial charge in [0.15, 0.2) is 0 Å². The molecule has 0 aliphatic heterocycles. The third-order valence-electron chi connectivity index (χ3n) is 2.99. The maximum Gasteiger partial charge on any atom is 0.126 e. The summed E-state index contributed by atoms with van der Waals surface area (Å²) in [7, 11) is 0. The van der Waals surface area contributed by atoms with Crippen molar-refractivity contribution in [3.05, 3.63) is 59.7 Å². The molecule has 0 aliphatic rings. The monoisotopic (exact) mass is 291 g/mol.